The van der Waals surface area contributed by atoms with Crippen LogP contribution < -0.4 is 10.6 Å². The SMILES string of the molecule is COC(=O)C[C@@H](C(=O)N1CCC[C@H]1c1ncc(-c2ccc(-c3ccc(C4=CN=C([C@H](C)NC(=O)[C@H](NC(=O)OC)c5ccccc5)C4)cc3)nn2)[nH]1)c1ccccc1. The van der Waals surface area contributed by atoms with Crippen LogP contribution in [0.25, 0.3) is 28.2 Å². The summed E-state index contributed by atoms with van der Waals surface area (Å²) in [5, 5.41) is 14.6. The minimum atomic E-state index is -0.924. The van der Waals surface area contributed by atoms with Gasteiger partial charge in [0.05, 0.1) is 56.2 Å². The van der Waals surface area contributed by atoms with E-state index in [-0.39, 0.29) is 30.3 Å². The van der Waals surface area contributed by atoms with E-state index in [1.54, 1.807) is 30.5 Å². The van der Waals surface area contributed by atoms with Gasteiger partial charge in [-0.2, -0.15) is 0 Å². The highest BCUT2D eigenvalue weighted by Crippen LogP contribution is 2.35. The number of allylic oxidation sites excluding steroid dienone is 1. The van der Waals surface area contributed by atoms with Gasteiger partial charge in [0.2, 0.25) is 11.8 Å². The zero-order valence-electron chi connectivity index (χ0n) is 32.4. The summed E-state index contributed by atoms with van der Waals surface area (Å²) >= 11 is 0. The number of amides is 3. The molecule has 0 radical (unpaired) electrons. The van der Waals surface area contributed by atoms with Crippen LogP contribution in [-0.4, -0.2) is 81.5 Å². The first-order valence-corrected chi connectivity index (χ1v) is 19.1. The summed E-state index contributed by atoms with van der Waals surface area (Å²) in [6, 6.07) is 28.5. The summed E-state index contributed by atoms with van der Waals surface area (Å²) < 4.78 is 9.66. The van der Waals surface area contributed by atoms with E-state index in [9.17, 15) is 19.2 Å². The van der Waals surface area contributed by atoms with Gasteiger partial charge in [-0.1, -0.05) is 84.9 Å². The molecule has 1 saturated heterocycles. The summed E-state index contributed by atoms with van der Waals surface area (Å²) in [5.41, 5.74) is 7.07. The lowest BCUT2D eigenvalue weighted by Gasteiger charge is -2.28. The van der Waals surface area contributed by atoms with E-state index in [1.807, 2.05) is 90.8 Å². The highest BCUT2D eigenvalue weighted by atomic mass is 16.5. The van der Waals surface area contributed by atoms with E-state index in [0.717, 1.165) is 40.8 Å². The van der Waals surface area contributed by atoms with Crippen LogP contribution in [0.15, 0.2) is 114 Å². The van der Waals surface area contributed by atoms with Crippen molar-refractivity contribution in [1.29, 1.82) is 0 Å². The molecule has 3 N–H and O–H groups in total. The molecule has 296 valence electrons. The quantitative estimate of drug-likeness (QED) is 0.115. The van der Waals surface area contributed by atoms with Crippen molar-refractivity contribution in [3.05, 3.63) is 132 Å². The molecular weight excluding hydrogens is 737 g/mol. The third-order valence-electron chi connectivity index (χ3n) is 10.5. The summed E-state index contributed by atoms with van der Waals surface area (Å²) in [6.07, 6.45) is 4.88. The van der Waals surface area contributed by atoms with Crippen molar-refractivity contribution < 1.29 is 28.7 Å². The number of carbonyl (C=O) groups excluding carboxylic acids is 4. The maximum absolute atomic E-state index is 13.9. The normalized spacial score (nSPS) is 16.4. The lowest BCUT2D eigenvalue weighted by atomic mass is 9.94. The number of ether oxygens (including phenoxy) is 2. The van der Waals surface area contributed by atoms with Gasteiger partial charge < -0.3 is 30.0 Å². The number of carbonyl (C=O) groups is 4. The molecule has 3 aromatic carbocycles. The zero-order chi connectivity index (χ0) is 40.6. The summed E-state index contributed by atoms with van der Waals surface area (Å²) in [6.45, 7) is 2.43. The fourth-order valence-corrected chi connectivity index (χ4v) is 7.31. The molecule has 14 nitrogen and oxygen atoms in total. The Morgan fingerprint density at radius 3 is 2.17 bits per heavy atom. The number of hydrogen-bond donors (Lipinski definition) is 3. The molecular formula is C44H44N8O6. The second-order valence-electron chi connectivity index (χ2n) is 14.2. The molecule has 2 aliphatic rings. The Hall–Kier alpha value is -6.96. The molecule has 0 saturated carbocycles. The summed E-state index contributed by atoms with van der Waals surface area (Å²) in [7, 11) is 2.58. The largest absolute Gasteiger partial charge is 0.469 e. The number of aliphatic imine (C=N–C) groups is 1. The Morgan fingerprint density at radius 1 is 0.828 bits per heavy atom. The van der Waals surface area contributed by atoms with Crippen molar-refractivity contribution >= 4 is 35.2 Å². The van der Waals surface area contributed by atoms with Crippen LogP contribution in [0.2, 0.25) is 0 Å². The minimum absolute atomic E-state index is 0.0413. The number of rotatable bonds is 13. The number of aromatic nitrogens is 4. The molecule has 2 aliphatic heterocycles. The molecule has 3 amide bonds. The van der Waals surface area contributed by atoms with E-state index >= 15 is 0 Å². The second kappa shape index (κ2) is 17.9. The van der Waals surface area contributed by atoms with Crippen molar-refractivity contribution in [2.75, 3.05) is 20.8 Å². The maximum Gasteiger partial charge on any atom is 0.407 e. The van der Waals surface area contributed by atoms with Crippen LogP contribution in [0.3, 0.4) is 0 Å². The van der Waals surface area contributed by atoms with E-state index < -0.39 is 24.0 Å². The van der Waals surface area contributed by atoms with Crippen LogP contribution in [0, 0.1) is 0 Å². The highest BCUT2D eigenvalue weighted by Gasteiger charge is 2.37. The van der Waals surface area contributed by atoms with Gasteiger partial charge in [0.1, 0.15) is 17.6 Å². The predicted octanol–water partition coefficient (Wildman–Crippen LogP) is 6.33. The van der Waals surface area contributed by atoms with Crippen molar-refractivity contribution in [3.8, 4) is 22.6 Å². The second-order valence-corrected chi connectivity index (χ2v) is 14.2. The molecule has 5 aromatic rings. The van der Waals surface area contributed by atoms with E-state index in [4.69, 9.17) is 9.47 Å². The Balaban J connectivity index is 0.962. The fraction of sp³-hybridized carbons (Fsp3) is 0.273. The first kappa shape index (κ1) is 39.3. The summed E-state index contributed by atoms with van der Waals surface area (Å²) in [4.78, 5) is 65.9. The Kier molecular flexibility index (Phi) is 12.1. The first-order valence-electron chi connectivity index (χ1n) is 19.1. The molecule has 58 heavy (non-hydrogen) atoms. The van der Waals surface area contributed by atoms with Crippen LogP contribution in [0.1, 0.15) is 73.1 Å². The van der Waals surface area contributed by atoms with Crippen LogP contribution in [0.4, 0.5) is 4.79 Å². The predicted molar refractivity (Wildman–Crippen MR) is 217 cm³/mol. The Labute approximate surface area is 335 Å². The molecule has 1 fully saturated rings. The third kappa shape index (κ3) is 8.86. The standard InChI is InChI=1S/C44H44N8O6/c1-27(47-42(54)40(49-44(56)58-3)31-13-8-5-9-14-31)36-23-32(25-45-36)28-16-18-30(19-17-28)34-20-21-35(51-50-34)37-26-46-41(48-37)38-15-10-22-52(38)43(55)33(24-39(53)57-2)29-11-6-4-7-12-29/h4-9,11-14,16-21,25-27,33,38,40H,10,15,22-24H2,1-3H3,(H,46,48)(H,47,54)(H,49,56)/t27-,33+,38-,40+/m0/s1. The lowest BCUT2D eigenvalue weighted by molar-refractivity contribution is -0.145. The van der Waals surface area contributed by atoms with E-state index in [2.05, 4.69) is 35.8 Å². The Morgan fingerprint density at radius 2 is 1.50 bits per heavy atom. The van der Waals surface area contributed by atoms with Gasteiger partial charge in [0, 0.05) is 30.4 Å². The van der Waals surface area contributed by atoms with Gasteiger partial charge in [-0.25, -0.2) is 9.78 Å². The smallest absolute Gasteiger partial charge is 0.407 e. The number of H-pyrrole nitrogens is 1. The van der Waals surface area contributed by atoms with Gasteiger partial charge >= 0.3 is 12.1 Å². The molecule has 14 heteroatoms. The van der Waals surface area contributed by atoms with Crippen molar-refractivity contribution in [3.63, 3.8) is 0 Å². The van der Waals surface area contributed by atoms with E-state index in [1.165, 1.54) is 14.2 Å². The zero-order valence-corrected chi connectivity index (χ0v) is 32.4. The monoisotopic (exact) mass is 780 g/mol. The number of methoxy groups -OCH3 is 2. The molecule has 0 aliphatic carbocycles. The molecule has 4 heterocycles. The fourth-order valence-electron chi connectivity index (χ4n) is 7.31. The molecule has 4 atom stereocenters. The minimum Gasteiger partial charge on any atom is -0.469 e. The van der Waals surface area contributed by atoms with Gasteiger partial charge in [0.15, 0.2) is 0 Å². The topological polar surface area (TPSA) is 181 Å². The summed E-state index contributed by atoms with van der Waals surface area (Å²) in [5.74, 6) is -0.941. The van der Waals surface area contributed by atoms with Crippen molar-refractivity contribution in [2.24, 2.45) is 4.99 Å². The number of nitrogens with one attached hydrogen (secondary N) is 3. The Bertz CT molecular complexity index is 2310. The van der Waals surface area contributed by atoms with Crippen molar-refractivity contribution in [1.82, 2.24) is 35.7 Å². The van der Waals surface area contributed by atoms with Crippen molar-refractivity contribution in [2.45, 2.75) is 56.7 Å². The highest BCUT2D eigenvalue weighted by molar-refractivity contribution is 6.03. The van der Waals surface area contributed by atoms with Crippen LogP contribution in [0.5, 0.6) is 0 Å². The number of likely N-dealkylation sites (tertiary alicyclic amines) is 1. The molecule has 0 unspecified atom stereocenters. The lowest BCUT2D eigenvalue weighted by Crippen LogP contribution is -2.45. The van der Waals surface area contributed by atoms with Crippen LogP contribution in [-0.2, 0) is 23.9 Å². The first-order chi connectivity index (χ1) is 28.2. The average molecular weight is 781 g/mol. The number of nitrogens with zero attached hydrogens (tertiary/aromatic N) is 5. The number of aromatic amines is 1. The number of imidazole rings is 1. The van der Waals surface area contributed by atoms with Gasteiger partial charge in [0.25, 0.3) is 0 Å². The molecule has 0 bridgehead atoms. The molecule has 2 aromatic heterocycles. The third-order valence-corrected chi connectivity index (χ3v) is 10.5. The average Bonchev–Trinajstić information content (AvgIpc) is 4.07. The maximum atomic E-state index is 13.9. The number of hydrogen-bond acceptors (Lipinski definition) is 10. The molecule has 7 rings (SSSR count). The molecule has 0 spiro atoms. The van der Waals surface area contributed by atoms with Gasteiger partial charge in [-0.15, -0.1) is 10.2 Å². The van der Waals surface area contributed by atoms with Gasteiger partial charge in [-0.05, 0) is 54.2 Å². The number of benzene rings is 3. The van der Waals surface area contributed by atoms with E-state index in [0.29, 0.717) is 41.4 Å². The van der Waals surface area contributed by atoms with Crippen LogP contribution >= 0.6 is 0 Å². The number of alkyl carbamates (subject to hydrolysis) is 1. The number of esters is 1. The van der Waals surface area contributed by atoms with Gasteiger partial charge in [-0.3, -0.25) is 19.4 Å².